The lowest BCUT2D eigenvalue weighted by Crippen LogP contribution is -2.40. The van der Waals surface area contributed by atoms with E-state index in [4.69, 9.17) is 5.26 Å². The summed E-state index contributed by atoms with van der Waals surface area (Å²) < 4.78 is 0. The topological polar surface area (TPSA) is 23.8 Å². The summed E-state index contributed by atoms with van der Waals surface area (Å²) in [7, 11) is 0. The average Bonchev–Trinajstić information content (AvgIpc) is 2.13. The predicted molar refractivity (Wildman–Crippen MR) is 68.9 cm³/mol. The Balaban J connectivity index is 2.57. The van der Waals surface area contributed by atoms with E-state index in [9.17, 15) is 0 Å². The van der Waals surface area contributed by atoms with Crippen molar-refractivity contribution in [3.05, 3.63) is 24.3 Å². The summed E-state index contributed by atoms with van der Waals surface area (Å²) >= 11 is 0. The van der Waals surface area contributed by atoms with E-state index in [0.717, 1.165) is 12.8 Å². The van der Waals surface area contributed by atoms with Gasteiger partial charge in [-0.15, -0.1) is 6.58 Å². The SMILES string of the molecule is C=C(C)CCC[C@]1(CC#N)CC[C@@H]1C(=C)C. The molecule has 2 atom stereocenters. The molecule has 0 aromatic rings. The van der Waals surface area contributed by atoms with Crippen LogP contribution < -0.4 is 0 Å². The molecule has 0 spiro atoms. The Kier molecular flexibility index (Phi) is 4.35. The van der Waals surface area contributed by atoms with Gasteiger partial charge in [0.1, 0.15) is 0 Å². The molecule has 1 nitrogen and oxygen atoms in total. The maximum absolute atomic E-state index is 8.98. The second-order valence-electron chi connectivity index (χ2n) is 5.45. The summed E-state index contributed by atoms with van der Waals surface area (Å²) in [6, 6.07) is 2.37. The van der Waals surface area contributed by atoms with Crippen LogP contribution in [0, 0.1) is 22.7 Å². The third-order valence-corrected chi connectivity index (χ3v) is 3.97. The van der Waals surface area contributed by atoms with Gasteiger partial charge in [-0.05, 0) is 57.3 Å². The first-order valence-electron chi connectivity index (χ1n) is 6.18. The van der Waals surface area contributed by atoms with E-state index >= 15 is 0 Å². The zero-order chi connectivity index (χ0) is 12.2. The molecule has 0 aliphatic heterocycles. The highest BCUT2D eigenvalue weighted by atomic mass is 14.5. The van der Waals surface area contributed by atoms with Gasteiger partial charge in [0.15, 0.2) is 0 Å². The zero-order valence-corrected chi connectivity index (χ0v) is 10.7. The van der Waals surface area contributed by atoms with Crippen LogP contribution in [0.15, 0.2) is 24.3 Å². The van der Waals surface area contributed by atoms with E-state index in [1.807, 2.05) is 0 Å². The number of hydrogen-bond acceptors (Lipinski definition) is 1. The summed E-state index contributed by atoms with van der Waals surface area (Å²) in [6.45, 7) is 12.2. The lowest BCUT2D eigenvalue weighted by molar-refractivity contribution is 0.0495. The van der Waals surface area contributed by atoms with Crippen LogP contribution in [-0.4, -0.2) is 0 Å². The van der Waals surface area contributed by atoms with Crippen molar-refractivity contribution >= 4 is 0 Å². The lowest BCUT2D eigenvalue weighted by atomic mass is 9.54. The molecule has 1 heteroatoms. The van der Waals surface area contributed by atoms with Gasteiger partial charge in [-0.25, -0.2) is 0 Å². The van der Waals surface area contributed by atoms with Crippen LogP contribution in [0.1, 0.15) is 52.4 Å². The molecule has 0 heterocycles. The summed E-state index contributed by atoms with van der Waals surface area (Å²) in [5, 5.41) is 8.98. The van der Waals surface area contributed by atoms with E-state index in [2.05, 4.69) is 33.1 Å². The van der Waals surface area contributed by atoms with E-state index in [1.54, 1.807) is 0 Å². The molecule has 1 saturated carbocycles. The minimum atomic E-state index is 0.246. The molecule has 1 fully saturated rings. The van der Waals surface area contributed by atoms with Crippen molar-refractivity contribution in [2.45, 2.75) is 52.4 Å². The van der Waals surface area contributed by atoms with Gasteiger partial charge >= 0.3 is 0 Å². The standard InChI is InChI=1S/C15H23N/c1-12(2)6-5-8-15(10-11-16)9-7-14(15)13(3)4/h14H,1,3,5-10H2,2,4H3/t14-,15-/m1/s1. The van der Waals surface area contributed by atoms with Crippen LogP contribution >= 0.6 is 0 Å². The molecule has 0 amide bonds. The first-order chi connectivity index (χ1) is 7.52. The van der Waals surface area contributed by atoms with Gasteiger partial charge in [-0.3, -0.25) is 0 Å². The molecule has 16 heavy (non-hydrogen) atoms. The van der Waals surface area contributed by atoms with Crippen molar-refractivity contribution in [2.24, 2.45) is 11.3 Å². The summed E-state index contributed by atoms with van der Waals surface area (Å²) in [4.78, 5) is 0. The fraction of sp³-hybridized carbons (Fsp3) is 0.667. The summed E-state index contributed by atoms with van der Waals surface area (Å²) in [5.41, 5.74) is 2.76. The lowest BCUT2D eigenvalue weighted by Gasteiger charge is -2.49. The second-order valence-corrected chi connectivity index (χ2v) is 5.45. The van der Waals surface area contributed by atoms with Gasteiger partial charge in [0.05, 0.1) is 6.07 Å². The van der Waals surface area contributed by atoms with Crippen molar-refractivity contribution in [1.82, 2.24) is 0 Å². The number of nitriles is 1. The largest absolute Gasteiger partial charge is 0.198 e. The van der Waals surface area contributed by atoms with Crippen LogP contribution in [0.25, 0.3) is 0 Å². The van der Waals surface area contributed by atoms with Crippen LogP contribution in [0.4, 0.5) is 0 Å². The Labute approximate surface area is 99.9 Å². The second kappa shape index (κ2) is 5.34. The molecule has 0 N–H and O–H groups in total. The first-order valence-corrected chi connectivity index (χ1v) is 6.18. The van der Waals surface area contributed by atoms with Crippen LogP contribution in [0.5, 0.6) is 0 Å². The highest BCUT2D eigenvalue weighted by Crippen LogP contribution is 2.55. The molecule has 88 valence electrons. The predicted octanol–water partition coefficient (Wildman–Crippen LogP) is 4.62. The Morgan fingerprint density at radius 1 is 1.44 bits per heavy atom. The monoisotopic (exact) mass is 217 g/mol. The molecule has 0 saturated heterocycles. The molecule has 1 rings (SSSR count). The number of hydrogen-bond donors (Lipinski definition) is 0. The summed E-state index contributed by atoms with van der Waals surface area (Å²) in [6.07, 6.45) is 6.54. The van der Waals surface area contributed by atoms with E-state index in [-0.39, 0.29) is 5.41 Å². The van der Waals surface area contributed by atoms with Gasteiger partial charge < -0.3 is 0 Å². The van der Waals surface area contributed by atoms with E-state index < -0.39 is 0 Å². The molecule has 0 aromatic heterocycles. The van der Waals surface area contributed by atoms with Crippen LogP contribution in [-0.2, 0) is 0 Å². The Morgan fingerprint density at radius 3 is 2.50 bits per heavy atom. The number of allylic oxidation sites excluding steroid dienone is 2. The molecule has 0 unspecified atom stereocenters. The third kappa shape index (κ3) is 2.76. The molecule has 0 bridgehead atoms. The smallest absolute Gasteiger partial charge is 0.0627 e. The number of nitrogens with zero attached hydrogens (tertiary/aromatic N) is 1. The van der Waals surface area contributed by atoms with Crippen molar-refractivity contribution in [3.8, 4) is 6.07 Å². The minimum absolute atomic E-state index is 0.246. The fourth-order valence-corrected chi connectivity index (χ4v) is 2.96. The Bertz CT molecular complexity index is 321. The highest BCUT2D eigenvalue weighted by molar-refractivity contribution is 5.13. The third-order valence-electron chi connectivity index (χ3n) is 3.97. The van der Waals surface area contributed by atoms with Gasteiger partial charge in [0.2, 0.25) is 0 Å². The van der Waals surface area contributed by atoms with Gasteiger partial charge in [-0.2, -0.15) is 5.26 Å². The van der Waals surface area contributed by atoms with Gasteiger partial charge in [-0.1, -0.05) is 17.7 Å². The first kappa shape index (κ1) is 13.0. The van der Waals surface area contributed by atoms with E-state index in [0.29, 0.717) is 12.3 Å². The van der Waals surface area contributed by atoms with Crippen molar-refractivity contribution in [2.75, 3.05) is 0 Å². The van der Waals surface area contributed by atoms with Crippen molar-refractivity contribution < 1.29 is 0 Å². The molecular formula is C15H23N. The molecule has 0 aromatic carbocycles. The maximum Gasteiger partial charge on any atom is 0.0627 e. The van der Waals surface area contributed by atoms with Crippen LogP contribution in [0.3, 0.4) is 0 Å². The van der Waals surface area contributed by atoms with Crippen molar-refractivity contribution in [3.63, 3.8) is 0 Å². The summed E-state index contributed by atoms with van der Waals surface area (Å²) in [5.74, 6) is 0.581. The maximum atomic E-state index is 8.98. The average molecular weight is 217 g/mol. The Hall–Kier alpha value is -1.03. The quantitative estimate of drug-likeness (QED) is 0.595. The zero-order valence-electron chi connectivity index (χ0n) is 10.7. The molecule has 1 aliphatic rings. The van der Waals surface area contributed by atoms with E-state index in [1.165, 1.54) is 30.4 Å². The fourth-order valence-electron chi connectivity index (χ4n) is 2.96. The number of rotatable bonds is 6. The van der Waals surface area contributed by atoms with Gasteiger partial charge in [0, 0.05) is 6.42 Å². The molecular weight excluding hydrogens is 194 g/mol. The molecule has 1 aliphatic carbocycles. The van der Waals surface area contributed by atoms with Crippen LogP contribution in [0.2, 0.25) is 0 Å². The van der Waals surface area contributed by atoms with Crippen molar-refractivity contribution in [1.29, 1.82) is 5.26 Å². The van der Waals surface area contributed by atoms with Gasteiger partial charge in [0.25, 0.3) is 0 Å². The Morgan fingerprint density at radius 2 is 2.12 bits per heavy atom. The molecule has 0 radical (unpaired) electrons. The normalized spacial score (nSPS) is 27.9. The highest BCUT2D eigenvalue weighted by Gasteiger charge is 2.45. The minimum Gasteiger partial charge on any atom is -0.198 e.